The smallest absolute Gasteiger partial charge is 0.322 e. The Balaban J connectivity index is 1.67. The fourth-order valence-electron chi connectivity index (χ4n) is 2.50. The molecule has 1 N–H and O–H groups in total. The Kier molecular flexibility index (Phi) is 5.01. The maximum atomic E-state index is 11.7. The Bertz CT molecular complexity index is 275. The largest absolute Gasteiger partial charge is 0.468 e. The SMILES string of the molecule is COC(=O)C(CCN(C)CC1CCC1)NC1CC1. The first-order chi connectivity index (χ1) is 8.69. The zero-order chi connectivity index (χ0) is 13.0. The van der Waals surface area contributed by atoms with Gasteiger partial charge in [0.15, 0.2) is 0 Å². The number of nitrogens with zero attached hydrogens (tertiary/aromatic N) is 1. The Labute approximate surface area is 110 Å². The van der Waals surface area contributed by atoms with Gasteiger partial charge in [0.25, 0.3) is 0 Å². The number of carbonyl (C=O) groups excluding carboxylic acids is 1. The average molecular weight is 254 g/mol. The third kappa shape index (κ3) is 4.25. The first-order valence-electron chi connectivity index (χ1n) is 7.21. The van der Waals surface area contributed by atoms with Crippen LogP contribution >= 0.6 is 0 Å². The lowest BCUT2D eigenvalue weighted by atomic mass is 9.85. The van der Waals surface area contributed by atoms with E-state index in [9.17, 15) is 4.79 Å². The van der Waals surface area contributed by atoms with E-state index in [-0.39, 0.29) is 12.0 Å². The molecule has 2 fully saturated rings. The summed E-state index contributed by atoms with van der Waals surface area (Å²) in [5.41, 5.74) is 0. The van der Waals surface area contributed by atoms with Crippen LogP contribution in [-0.2, 0) is 9.53 Å². The van der Waals surface area contributed by atoms with Crippen molar-refractivity contribution in [3.63, 3.8) is 0 Å². The van der Waals surface area contributed by atoms with Crippen molar-refractivity contribution in [2.75, 3.05) is 27.2 Å². The fourth-order valence-corrected chi connectivity index (χ4v) is 2.50. The van der Waals surface area contributed by atoms with Crippen LogP contribution in [0, 0.1) is 5.92 Å². The molecule has 4 nitrogen and oxygen atoms in total. The Morgan fingerprint density at radius 1 is 1.39 bits per heavy atom. The second-order valence-electron chi connectivity index (χ2n) is 5.86. The highest BCUT2D eigenvalue weighted by Crippen LogP contribution is 2.26. The summed E-state index contributed by atoms with van der Waals surface area (Å²) >= 11 is 0. The van der Waals surface area contributed by atoms with E-state index in [1.54, 1.807) is 0 Å². The second-order valence-corrected chi connectivity index (χ2v) is 5.86. The summed E-state index contributed by atoms with van der Waals surface area (Å²) in [6, 6.07) is 0.428. The van der Waals surface area contributed by atoms with E-state index in [2.05, 4.69) is 17.3 Å². The molecule has 0 spiro atoms. The molecule has 0 radical (unpaired) electrons. The van der Waals surface area contributed by atoms with Crippen molar-refractivity contribution in [1.82, 2.24) is 10.2 Å². The summed E-state index contributed by atoms with van der Waals surface area (Å²) in [5, 5.41) is 3.38. The van der Waals surface area contributed by atoms with Gasteiger partial charge in [-0.15, -0.1) is 0 Å². The summed E-state index contributed by atoms with van der Waals surface area (Å²) in [7, 11) is 3.63. The molecule has 0 amide bonds. The maximum absolute atomic E-state index is 11.7. The Morgan fingerprint density at radius 2 is 2.11 bits per heavy atom. The lowest BCUT2D eigenvalue weighted by Crippen LogP contribution is -2.42. The fraction of sp³-hybridized carbons (Fsp3) is 0.929. The number of hydrogen-bond acceptors (Lipinski definition) is 4. The van der Waals surface area contributed by atoms with Gasteiger partial charge in [-0.05, 0) is 51.6 Å². The highest BCUT2D eigenvalue weighted by atomic mass is 16.5. The van der Waals surface area contributed by atoms with E-state index >= 15 is 0 Å². The summed E-state index contributed by atoms with van der Waals surface area (Å²) in [5.74, 6) is 0.780. The van der Waals surface area contributed by atoms with E-state index in [4.69, 9.17) is 4.74 Å². The van der Waals surface area contributed by atoms with Gasteiger partial charge in [0.05, 0.1) is 7.11 Å². The van der Waals surface area contributed by atoms with Crippen molar-refractivity contribution >= 4 is 5.97 Å². The van der Waals surface area contributed by atoms with Crippen LogP contribution in [0.5, 0.6) is 0 Å². The highest BCUT2D eigenvalue weighted by molar-refractivity contribution is 5.75. The molecule has 0 aliphatic heterocycles. The summed E-state index contributed by atoms with van der Waals surface area (Å²) in [4.78, 5) is 14.0. The quantitative estimate of drug-likeness (QED) is 0.665. The number of rotatable bonds is 8. The van der Waals surface area contributed by atoms with Crippen LogP contribution < -0.4 is 5.32 Å². The minimum absolute atomic E-state index is 0.112. The third-order valence-corrected chi connectivity index (χ3v) is 4.09. The van der Waals surface area contributed by atoms with Gasteiger partial charge >= 0.3 is 5.97 Å². The molecule has 2 rings (SSSR count). The standard InChI is InChI=1S/C14H26N2O2/c1-16(10-11-4-3-5-11)9-8-13(14(17)18-2)15-12-6-7-12/h11-13,15H,3-10H2,1-2H3. The van der Waals surface area contributed by atoms with Crippen molar-refractivity contribution in [2.45, 2.75) is 50.6 Å². The molecule has 0 aromatic heterocycles. The number of methoxy groups -OCH3 is 1. The van der Waals surface area contributed by atoms with E-state index in [1.807, 2.05) is 0 Å². The molecule has 0 heterocycles. The molecule has 1 atom stereocenters. The first kappa shape index (κ1) is 13.8. The van der Waals surface area contributed by atoms with Gasteiger partial charge in [-0.2, -0.15) is 0 Å². The van der Waals surface area contributed by atoms with Crippen LogP contribution in [0.3, 0.4) is 0 Å². The second kappa shape index (κ2) is 6.53. The third-order valence-electron chi connectivity index (χ3n) is 4.09. The molecule has 0 bridgehead atoms. The van der Waals surface area contributed by atoms with Crippen molar-refractivity contribution in [1.29, 1.82) is 0 Å². The van der Waals surface area contributed by atoms with Gasteiger partial charge in [-0.1, -0.05) is 6.42 Å². The number of esters is 1. The van der Waals surface area contributed by atoms with Crippen molar-refractivity contribution in [2.24, 2.45) is 5.92 Å². The van der Waals surface area contributed by atoms with Crippen LogP contribution in [-0.4, -0.2) is 50.2 Å². The van der Waals surface area contributed by atoms with Crippen molar-refractivity contribution in [3.8, 4) is 0 Å². The molecule has 0 saturated heterocycles. The predicted octanol–water partition coefficient (Wildman–Crippen LogP) is 1.40. The van der Waals surface area contributed by atoms with Gasteiger partial charge in [0.2, 0.25) is 0 Å². The van der Waals surface area contributed by atoms with Crippen LogP contribution in [0.1, 0.15) is 38.5 Å². The van der Waals surface area contributed by atoms with E-state index < -0.39 is 0 Å². The van der Waals surface area contributed by atoms with E-state index in [0.717, 1.165) is 18.9 Å². The predicted molar refractivity (Wildman–Crippen MR) is 71.4 cm³/mol. The number of hydrogen-bond donors (Lipinski definition) is 1. The molecule has 2 saturated carbocycles. The Morgan fingerprint density at radius 3 is 2.61 bits per heavy atom. The van der Waals surface area contributed by atoms with Crippen molar-refractivity contribution < 1.29 is 9.53 Å². The van der Waals surface area contributed by atoms with Crippen LogP contribution in [0.2, 0.25) is 0 Å². The molecule has 2 aliphatic carbocycles. The summed E-state index contributed by atoms with van der Waals surface area (Å²) in [6.07, 6.45) is 7.41. The molecule has 0 aromatic rings. The number of nitrogens with one attached hydrogen (secondary N) is 1. The normalized spacial score (nSPS) is 21.7. The zero-order valence-electron chi connectivity index (χ0n) is 11.7. The number of ether oxygens (including phenoxy) is 1. The molecule has 1 unspecified atom stereocenters. The molecular weight excluding hydrogens is 228 g/mol. The lowest BCUT2D eigenvalue weighted by Gasteiger charge is -2.30. The summed E-state index contributed by atoms with van der Waals surface area (Å²) < 4.78 is 4.87. The van der Waals surface area contributed by atoms with Gasteiger partial charge < -0.3 is 15.0 Å². The van der Waals surface area contributed by atoms with Gasteiger partial charge in [0, 0.05) is 12.6 Å². The van der Waals surface area contributed by atoms with Crippen molar-refractivity contribution in [3.05, 3.63) is 0 Å². The molecule has 104 valence electrons. The van der Waals surface area contributed by atoms with Crippen LogP contribution in [0.4, 0.5) is 0 Å². The topological polar surface area (TPSA) is 41.6 Å². The first-order valence-corrected chi connectivity index (χ1v) is 7.21. The molecule has 4 heteroatoms. The minimum atomic E-state index is -0.119. The maximum Gasteiger partial charge on any atom is 0.322 e. The zero-order valence-corrected chi connectivity index (χ0v) is 11.7. The summed E-state index contributed by atoms with van der Waals surface area (Å²) in [6.45, 7) is 2.15. The molecule has 0 aromatic carbocycles. The average Bonchev–Trinajstić information content (AvgIpc) is 3.12. The Hall–Kier alpha value is -0.610. The minimum Gasteiger partial charge on any atom is -0.468 e. The molecule has 2 aliphatic rings. The molecule has 18 heavy (non-hydrogen) atoms. The monoisotopic (exact) mass is 254 g/mol. The van der Waals surface area contributed by atoms with E-state index in [1.165, 1.54) is 45.8 Å². The molecular formula is C14H26N2O2. The van der Waals surface area contributed by atoms with E-state index in [0.29, 0.717) is 6.04 Å². The van der Waals surface area contributed by atoms with Crippen LogP contribution in [0.15, 0.2) is 0 Å². The number of carbonyl (C=O) groups is 1. The lowest BCUT2D eigenvalue weighted by molar-refractivity contribution is -0.143. The van der Waals surface area contributed by atoms with Gasteiger partial charge in [-0.25, -0.2) is 0 Å². The van der Waals surface area contributed by atoms with Gasteiger partial charge in [0.1, 0.15) is 6.04 Å². The van der Waals surface area contributed by atoms with Crippen LogP contribution in [0.25, 0.3) is 0 Å². The van der Waals surface area contributed by atoms with Gasteiger partial charge in [-0.3, -0.25) is 4.79 Å². The highest BCUT2D eigenvalue weighted by Gasteiger charge is 2.29.